The lowest BCUT2D eigenvalue weighted by Gasteiger charge is -2.70. The van der Waals surface area contributed by atoms with E-state index in [1.54, 1.807) is 34.5 Å². The van der Waals surface area contributed by atoms with Crippen molar-refractivity contribution in [3.8, 4) is 0 Å². The minimum atomic E-state index is -1.07. The number of ether oxygens (including phenoxy) is 6. The highest BCUT2D eigenvalue weighted by molar-refractivity contribution is 5.87. The van der Waals surface area contributed by atoms with E-state index < -0.39 is 34.6 Å². The summed E-state index contributed by atoms with van der Waals surface area (Å²) >= 11 is 0. The minimum Gasteiger partial charge on any atom is -0.462 e. The molecule has 1 aromatic carbocycles. The Kier molecular flexibility index (Phi) is 8.17. The second-order valence-corrected chi connectivity index (χ2v) is 14.6. The molecule has 1 spiro atoms. The average Bonchev–Trinajstić information content (AvgIpc) is 3.46. The number of carbonyl (C=O) groups is 2. The van der Waals surface area contributed by atoms with Gasteiger partial charge in [-0.15, -0.1) is 0 Å². The Labute approximate surface area is 271 Å². The summed E-state index contributed by atoms with van der Waals surface area (Å²) in [5.74, 6) is -1.66. The quantitative estimate of drug-likeness (QED) is 0.303. The van der Waals surface area contributed by atoms with Crippen molar-refractivity contribution in [2.45, 2.75) is 75.3 Å². The fraction of sp³-hybridized carbons (Fsp3) is 0.722. The molecule has 10 heteroatoms. The van der Waals surface area contributed by atoms with Gasteiger partial charge in [-0.2, -0.15) is 0 Å². The molecule has 1 heterocycles. The van der Waals surface area contributed by atoms with Gasteiger partial charge in [-0.1, -0.05) is 37.3 Å². The molecule has 7 rings (SSSR count). The molecule has 6 aliphatic rings. The molecule has 1 aliphatic heterocycles. The highest BCUT2D eigenvalue weighted by Crippen LogP contribution is 2.80. The van der Waals surface area contributed by atoms with Crippen molar-refractivity contribution in [3.63, 3.8) is 0 Å². The summed E-state index contributed by atoms with van der Waals surface area (Å²) in [6, 6.07) is 9.61. The number of likely N-dealkylation sites (tertiary alicyclic amines) is 1. The van der Waals surface area contributed by atoms with E-state index in [1.807, 2.05) is 30.3 Å². The van der Waals surface area contributed by atoms with Crippen molar-refractivity contribution >= 4 is 18.0 Å². The van der Waals surface area contributed by atoms with E-state index in [9.17, 15) is 14.7 Å². The third-order valence-electron chi connectivity index (χ3n) is 13.2. The van der Waals surface area contributed by atoms with Crippen LogP contribution in [-0.4, -0.2) is 112 Å². The van der Waals surface area contributed by atoms with Gasteiger partial charge in [0.15, 0.2) is 0 Å². The Morgan fingerprint density at radius 3 is 2.41 bits per heavy atom. The lowest BCUT2D eigenvalue weighted by Crippen LogP contribution is -2.79. The molecule has 6 fully saturated rings. The van der Waals surface area contributed by atoms with Crippen LogP contribution in [0.25, 0.3) is 6.08 Å². The van der Waals surface area contributed by atoms with Gasteiger partial charge in [0.25, 0.3) is 0 Å². The molecule has 1 aromatic rings. The molecule has 1 N–H and O–H groups in total. The van der Waals surface area contributed by atoms with Gasteiger partial charge in [-0.25, -0.2) is 4.79 Å². The smallest absolute Gasteiger partial charge is 0.331 e. The lowest BCUT2D eigenvalue weighted by molar-refractivity contribution is -0.297. The monoisotopic (exact) mass is 639 g/mol. The molecular formula is C36H49NO9. The van der Waals surface area contributed by atoms with Crippen molar-refractivity contribution in [1.82, 2.24) is 4.90 Å². The maximum absolute atomic E-state index is 14.1. The molecule has 1 unspecified atom stereocenters. The maximum Gasteiger partial charge on any atom is 0.331 e. The van der Waals surface area contributed by atoms with Crippen LogP contribution in [0.15, 0.2) is 36.4 Å². The zero-order chi connectivity index (χ0) is 32.6. The average molecular weight is 640 g/mol. The number of nitrogens with zero attached hydrogens (tertiary/aromatic N) is 1. The highest BCUT2D eigenvalue weighted by atomic mass is 16.6. The molecule has 5 saturated carbocycles. The number of fused-ring (bicyclic) bond motifs is 2. The Morgan fingerprint density at radius 1 is 1.02 bits per heavy atom. The minimum absolute atomic E-state index is 0.0534. The van der Waals surface area contributed by atoms with Gasteiger partial charge in [-0.3, -0.25) is 9.69 Å². The van der Waals surface area contributed by atoms with Crippen LogP contribution >= 0.6 is 0 Å². The van der Waals surface area contributed by atoms with Crippen LogP contribution in [0.4, 0.5) is 0 Å². The number of rotatable bonds is 10. The molecule has 0 aromatic heterocycles. The zero-order valence-electron chi connectivity index (χ0n) is 27.8. The Bertz CT molecular complexity index is 1360. The number of hydrogen-bond donors (Lipinski definition) is 1. The topological polar surface area (TPSA) is 113 Å². The second-order valence-electron chi connectivity index (χ2n) is 14.6. The number of benzene rings is 1. The van der Waals surface area contributed by atoms with Crippen molar-refractivity contribution in [2.24, 2.45) is 40.4 Å². The predicted molar refractivity (Wildman–Crippen MR) is 167 cm³/mol. The molecule has 252 valence electrons. The first-order valence-corrected chi connectivity index (χ1v) is 16.8. The summed E-state index contributed by atoms with van der Waals surface area (Å²) in [7, 11) is 6.88. The maximum atomic E-state index is 14.1. The summed E-state index contributed by atoms with van der Waals surface area (Å²) < 4.78 is 38.4. The number of aliphatic hydroxyl groups excluding tert-OH is 1. The van der Waals surface area contributed by atoms with E-state index in [-0.39, 0.29) is 59.9 Å². The summed E-state index contributed by atoms with van der Waals surface area (Å²) in [4.78, 5) is 29.3. The van der Waals surface area contributed by atoms with Gasteiger partial charge in [-0.05, 0) is 30.5 Å². The van der Waals surface area contributed by atoms with E-state index in [0.717, 1.165) is 18.5 Å². The first kappa shape index (κ1) is 32.2. The third kappa shape index (κ3) is 4.10. The van der Waals surface area contributed by atoms with Crippen LogP contribution in [0.1, 0.15) is 38.7 Å². The number of carbonyl (C=O) groups excluding carboxylic acids is 2. The first-order chi connectivity index (χ1) is 22.2. The summed E-state index contributed by atoms with van der Waals surface area (Å²) in [6.45, 7) is 5.35. The van der Waals surface area contributed by atoms with Gasteiger partial charge >= 0.3 is 11.9 Å². The standard InChI is InChI=1S/C36H49NO9/c1-7-37-18-34(19-41-3)25(39)16-26(43-5)36-23-15-22-24(42-4)17-35(28(23)30(22)45-20(2)38,29(33(36)37)31(44-6)32(34)36)46-27(40)14-13-21-11-9-8-10-12-21/h8-14,22-26,28-33,39H,7,15-19H2,1-6H3/b14-13+/t22-,23-,24+,25?,26+,28-,29+,30+,31+,32-,33-,34+,35-,36+/m1/s1. The summed E-state index contributed by atoms with van der Waals surface area (Å²) in [5.41, 5.74) is -1.27. The number of esters is 2. The summed E-state index contributed by atoms with van der Waals surface area (Å²) in [6.07, 6.45) is 2.81. The van der Waals surface area contributed by atoms with Gasteiger partial charge in [0.05, 0.1) is 31.0 Å². The molecule has 46 heavy (non-hydrogen) atoms. The van der Waals surface area contributed by atoms with Crippen LogP contribution in [-0.2, 0) is 38.0 Å². The largest absolute Gasteiger partial charge is 0.462 e. The molecule has 5 aliphatic carbocycles. The third-order valence-corrected chi connectivity index (χ3v) is 13.2. The van der Waals surface area contributed by atoms with E-state index >= 15 is 0 Å². The number of piperidine rings is 1. The number of hydrogen-bond acceptors (Lipinski definition) is 10. The first-order valence-electron chi connectivity index (χ1n) is 16.8. The van der Waals surface area contributed by atoms with E-state index in [1.165, 1.54) is 13.0 Å². The van der Waals surface area contributed by atoms with E-state index in [0.29, 0.717) is 26.0 Å². The normalized spacial score (nSPS) is 46.8. The zero-order valence-corrected chi connectivity index (χ0v) is 27.8. The van der Waals surface area contributed by atoms with Crippen LogP contribution < -0.4 is 0 Å². The molecule has 0 radical (unpaired) electrons. The van der Waals surface area contributed by atoms with Crippen molar-refractivity contribution < 1.29 is 43.1 Å². The van der Waals surface area contributed by atoms with Gasteiger partial charge in [0.1, 0.15) is 11.7 Å². The van der Waals surface area contributed by atoms with Crippen LogP contribution in [0.5, 0.6) is 0 Å². The molecular weight excluding hydrogens is 590 g/mol. The highest BCUT2D eigenvalue weighted by Gasteiger charge is 2.89. The molecule has 10 nitrogen and oxygen atoms in total. The van der Waals surface area contributed by atoms with Gasteiger partial charge in [0.2, 0.25) is 0 Å². The fourth-order valence-corrected chi connectivity index (χ4v) is 12.3. The predicted octanol–water partition coefficient (Wildman–Crippen LogP) is 2.96. The Morgan fingerprint density at radius 2 is 1.78 bits per heavy atom. The Balaban J connectivity index is 1.46. The van der Waals surface area contributed by atoms with Crippen molar-refractivity contribution in [1.29, 1.82) is 0 Å². The second kappa shape index (κ2) is 11.7. The fourth-order valence-electron chi connectivity index (χ4n) is 12.3. The van der Waals surface area contributed by atoms with Crippen LogP contribution in [0.2, 0.25) is 0 Å². The molecule has 14 atom stereocenters. The van der Waals surface area contributed by atoms with Gasteiger partial charge < -0.3 is 33.5 Å². The van der Waals surface area contributed by atoms with Gasteiger partial charge in [0, 0.05) is 101 Å². The van der Waals surface area contributed by atoms with Crippen LogP contribution in [0, 0.1) is 40.4 Å². The number of methoxy groups -OCH3 is 4. The summed E-state index contributed by atoms with van der Waals surface area (Å²) in [5, 5.41) is 12.1. The van der Waals surface area contributed by atoms with E-state index in [4.69, 9.17) is 28.4 Å². The molecule has 7 bridgehead atoms. The van der Waals surface area contributed by atoms with Crippen LogP contribution in [0.3, 0.4) is 0 Å². The van der Waals surface area contributed by atoms with Crippen molar-refractivity contribution in [3.05, 3.63) is 42.0 Å². The molecule has 1 saturated heterocycles. The van der Waals surface area contributed by atoms with E-state index in [2.05, 4.69) is 11.8 Å². The number of aliphatic hydroxyl groups is 1. The lowest BCUT2D eigenvalue weighted by atomic mass is 9.42. The Hall–Kier alpha value is -2.34. The van der Waals surface area contributed by atoms with Crippen molar-refractivity contribution in [2.75, 3.05) is 48.1 Å². The SMILES string of the molecule is CCN1C[C@]2(COC)C(O)C[C@H](OC)[C@@]34[C@@H]5C[C@H]6[C@H](OC(C)=O)[C@@H]5[C@](OC(=O)/C=C/c5ccccc5)(C[C@@H]6OC)[C@@H]([C@H](OC)[C@H]23)[C@@H]14. The molecule has 0 amide bonds.